The molecule has 0 bridgehead atoms. The summed E-state index contributed by atoms with van der Waals surface area (Å²) >= 11 is 0. The number of benzene rings is 4. The van der Waals surface area contributed by atoms with Crippen LogP contribution in [-0.2, 0) is 9.47 Å². The van der Waals surface area contributed by atoms with Gasteiger partial charge in [-0.25, -0.2) is 4.99 Å². The Balaban J connectivity index is 1.59. The van der Waals surface area contributed by atoms with Crippen LogP contribution in [0.15, 0.2) is 120 Å². The lowest BCUT2D eigenvalue weighted by Gasteiger charge is -2.22. The third kappa shape index (κ3) is 4.61. The molecule has 0 spiro atoms. The molecule has 4 aromatic rings. The first kappa shape index (κ1) is 21.6. The Morgan fingerprint density at radius 1 is 0.727 bits per heavy atom. The molecular formula is C29H26NO2P. The maximum Gasteiger partial charge on any atom is 0.217 e. The zero-order valence-electron chi connectivity index (χ0n) is 18.5. The lowest BCUT2D eigenvalue weighted by atomic mass is 10.0. The van der Waals surface area contributed by atoms with Crippen LogP contribution < -0.4 is 15.9 Å². The van der Waals surface area contributed by atoms with Gasteiger partial charge in [0.2, 0.25) is 5.90 Å². The van der Waals surface area contributed by atoms with Gasteiger partial charge in [-0.1, -0.05) is 109 Å². The van der Waals surface area contributed by atoms with Crippen molar-refractivity contribution in [2.24, 2.45) is 4.99 Å². The monoisotopic (exact) mass is 451 g/mol. The van der Waals surface area contributed by atoms with Gasteiger partial charge in [-0.2, -0.15) is 0 Å². The summed E-state index contributed by atoms with van der Waals surface area (Å²) in [6.07, 6.45) is -0.158. The van der Waals surface area contributed by atoms with Crippen molar-refractivity contribution in [2.45, 2.75) is 12.1 Å². The second-order valence-corrected chi connectivity index (χ2v) is 10.1. The second kappa shape index (κ2) is 10.1. The summed E-state index contributed by atoms with van der Waals surface area (Å²) in [6, 6.07) is 40.2. The molecule has 0 aliphatic carbocycles. The zero-order chi connectivity index (χ0) is 22.5. The Morgan fingerprint density at radius 2 is 1.27 bits per heavy atom. The molecule has 0 radical (unpaired) electrons. The van der Waals surface area contributed by atoms with E-state index in [1.165, 1.54) is 15.9 Å². The van der Waals surface area contributed by atoms with E-state index in [0.717, 1.165) is 11.1 Å². The third-order valence-corrected chi connectivity index (χ3v) is 8.24. The summed E-state index contributed by atoms with van der Waals surface area (Å²) in [5, 5.41) is 3.85. The second-order valence-electron chi connectivity index (χ2n) is 7.93. The minimum atomic E-state index is -0.766. The predicted molar refractivity (Wildman–Crippen MR) is 138 cm³/mol. The molecule has 0 aromatic heterocycles. The predicted octanol–water partition coefficient (Wildman–Crippen LogP) is 4.98. The van der Waals surface area contributed by atoms with E-state index < -0.39 is 7.92 Å². The van der Waals surface area contributed by atoms with Crippen LogP contribution in [0.4, 0.5) is 0 Å². The van der Waals surface area contributed by atoms with E-state index in [1.54, 1.807) is 7.11 Å². The van der Waals surface area contributed by atoms with Crippen molar-refractivity contribution < 1.29 is 9.47 Å². The van der Waals surface area contributed by atoms with Crippen molar-refractivity contribution in [3.05, 3.63) is 126 Å². The fourth-order valence-electron chi connectivity index (χ4n) is 4.24. The molecule has 0 unspecified atom stereocenters. The van der Waals surface area contributed by atoms with E-state index in [1.807, 2.05) is 18.2 Å². The zero-order valence-corrected chi connectivity index (χ0v) is 19.4. The first-order valence-electron chi connectivity index (χ1n) is 11.1. The van der Waals surface area contributed by atoms with Gasteiger partial charge >= 0.3 is 0 Å². The summed E-state index contributed by atoms with van der Waals surface area (Å²) in [5.74, 6) is 0.695. The fourth-order valence-corrected chi connectivity index (χ4v) is 6.68. The normalized spacial score (nSPS) is 17.6. The molecule has 4 heteroatoms. The minimum Gasteiger partial charge on any atom is -0.467 e. The summed E-state index contributed by atoms with van der Waals surface area (Å²) in [6.45, 7) is 0.511. The van der Waals surface area contributed by atoms with E-state index >= 15 is 0 Å². The minimum absolute atomic E-state index is 0.0832. The number of rotatable bonds is 7. The molecule has 1 aliphatic heterocycles. The quantitative estimate of drug-likeness (QED) is 0.371. The molecule has 1 aliphatic rings. The smallest absolute Gasteiger partial charge is 0.217 e. The van der Waals surface area contributed by atoms with E-state index in [2.05, 4.69) is 97.1 Å². The Labute approximate surface area is 196 Å². The van der Waals surface area contributed by atoms with Gasteiger partial charge < -0.3 is 9.47 Å². The maximum absolute atomic E-state index is 6.54. The lowest BCUT2D eigenvalue weighted by Crippen LogP contribution is -2.25. The molecule has 1 heterocycles. The van der Waals surface area contributed by atoms with E-state index in [0.29, 0.717) is 12.5 Å². The van der Waals surface area contributed by atoms with Crippen molar-refractivity contribution in [2.75, 3.05) is 13.7 Å². The number of nitrogens with zero attached hydrogens (tertiary/aromatic N) is 1. The Hall–Kier alpha value is -3.26. The molecule has 0 amide bonds. The summed E-state index contributed by atoms with van der Waals surface area (Å²) in [4.78, 5) is 5.02. The summed E-state index contributed by atoms with van der Waals surface area (Å²) < 4.78 is 12.0. The van der Waals surface area contributed by atoms with Crippen molar-refractivity contribution in [1.29, 1.82) is 0 Å². The van der Waals surface area contributed by atoms with Gasteiger partial charge in [0.25, 0.3) is 0 Å². The van der Waals surface area contributed by atoms with Gasteiger partial charge in [-0.3, -0.25) is 0 Å². The maximum atomic E-state index is 6.54. The van der Waals surface area contributed by atoms with E-state index in [9.17, 15) is 0 Å². The van der Waals surface area contributed by atoms with Crippen molar-refractivity contribution >= 4 is 29.7 Å². The van der Waals surface area contributed by atoms with Crippen LogP contribution in [0, 0.1) is 0 Å². The highest BCUT2D eigenvalue weighted by Gasteiger charge is 2.34. The van der Waals surface area contributed by atoms with Gasteiger partial charge in [0, 0.05) is 12.7 Å². The molecule has 0 fully saturated rings. The summed E-state index contributed by atoms with van der Waals surface area (Å²) in [7, 11) is 0.950. The summed E-state index contributed by atoms with van der Waals surface area (Å²) in [5.41, 5.74) is 2.17. The molecule has 33 heavy (non-hydrogen) atoms. The molecule has 4 aromatic carbocycles. The molecule has 5 rings (SSSR count). The highest BCUT2D eigenvalue weighted by Crippen LogP contribution is 2.37. The Morgan fingerprint density at radius 3 is 1.88 bits per heavy atom. The van der Waals surface area contributed by atoms with E-state index in [-0.39, 0.29) is 12.1 Å². The topological polar surface area (TPSA) is 30.8 Å². The van der Waals surface area contributed by atoms with E-state index in [4.69, 9.17) is 14.5 Å². The van der Waals surface area contributed by atoms with Crippen molar-refractivity contribution in [3.8, 4) is 0 Å². The lowest BCUT2D eigenvalue weighted by molar-refractivity contribution is 0.120. The van der Waals surface area contributed by atoms with Crippen LogP contribution in [0.1, 0.15) is 17.2 Å². The number of aliphatic imine (C=N–C) groups is 1. The van der Waals surface area contributed by atoms with Crippen molar-refractivity contribution in [3.63, 3.8) is 0 Å². The van der Waals surface area contributed by atoms with Crippen LogP contribution in [0.3, 0.4) is 0 Å². The van der Waals surface area contributed by atoms with Gasteiger partial charge in [0.1, 0.15) is 6.04 Å². The number of methoxy groups -OCH3 is 1. The SMILES string of the molecule is COC[C@H]1N=C(c2ccccc2P(c2ccccc2)c2ccccc2)O[C@@H]1c1ccccc1. The number of hydrogen-bond donors (Lipinski definition) is 0. The van der Waals surface area contributed by atoms with Crippen LogP contribution >= 0.6 is 7.92 Å². The molecule has 3 nitrogen and oxygen atoms in total. The van der Waals surface area contributed by atoms with Crippen LogP contribution in [0.2, 0.25) is 0 Å². The highest BCUT2D eigenvalue weighted by molar-refractivity contribution is 7.80. The fraction of sp³-hybridized carbons (Fsp3) is 0.138. The van der Waals surface area contributed by atoms with Gasteiger partial charge in [0.05, 0.1) is 6.61 Å². The molecular weight excluding hydrogens is 425 g/mol. The van der Waals surface area contributed by atoms with Crippen LogP contribution in [-0.4, -0.2) is 25.7 Å². The number of ether oxygens (including phenoxy) is 2. The third-order valence-electron chi connectivity index (χ3n) is 5.74. The molecule has 0 saturated carbocycles. The first-order valence-corrected chi connectivity index (χ1v) is 12.5. The molecule has 0 N–H and O–H groups in total. The molecule has 0 saturated heterocycles. The van der Waals surface area contributed by atoms with Gasteiger partial charge in [-0.15, -0.1) is 0 Å². The van der Waals surface area contributed by atoms with Crippen LogP contribution in [0.5, 0.6) is 0 Å². The highest BCUT2D eigenvalue weighted by atomic mass is 31.1. The Bertz CT molecular complexity index is 1170. The van der Waals surface area contributed by atoms with Gasteiger partial charge in [0.15, 0.2) is 6.10 Å². The average molecular weight is 452 g/mol. The first-order chi connectivity index (χ1) is 16.3. The Kier molecular flexibility index (Phi) is 6.62. The van der Waals surface area contributed by atoms with Crippen molar-refractivity contribution in [1.82, 2.24) is 0 Å². The molecule has 2 atom stereocenters. The number of hydrogen-bond acceptors (Lipinski definition) is 3. The van der Waals surface area contributed by atoms with Gasteiger partial charge in [-0.05, 0) is 35.5 Å². The standard InChI is InChI=1S/C29H26NO2P/c1-31-21-26-28(22-13-5-2-6-14-22)32-29(30-26)25-19-11-12-20-27(25)33(23-15-7-3-8-16-23)24-17-9-4-10-18-24/h2-20,26,28H,21H2,1H3/t26-,28-/m1/s1. The van der Waals surface area contributed by atoms with Crippen LogP contribution in [0.25, 0.3) is 0 Å². The largest absolute Gasteiger partial charge is 0.467 e. The molecule has 164 valence electrons. The average Bonchev–Trinajstić information content (AvgIpc) is 3.30.